The SMILES string of the molecule is O=C(/C=C/c1ccccc1[N+](=O)[O-])Nc1cnccc1CO. The number of para-hydroxylation sites is 1. The number of nitro groups is 1. The molecule has 0 saturated carbocycles. The van der Waals surface area contributed by atoms with Crippen molar-refractivity contribution in [2.45, 2.75) is 6.61 Å². The molecule has 0 atom stereocenters. The molecular formula is C15H13N3O4. The molecule has 0 fully saturated rings. The van der Waals surface area contributed by atoms with Crippen molar-refractivity contribution in [3.63, 3.8) is 0 Å². The molecule has 0 radical (unpaired) electrons. The number of hydrogen-bond donors (Lipinski definition) is 2. The Hall–Kier alpha value is -3.06. The van der Waals surface area contributed by atoms with Crippen molar-refractivity contribution in [2.24, 2.45) is 0 Å². The van der Waals surface area contributed by atoms with Crippen molar-refractivity contribution in [2.75, 3.05) is 5.32 Å². The number of nitro benzene ring substituents is 1. The van der Waals surface area contributed by atoms with E-state index in [9.17, 15) is 14.9 Å². The number of nitrogens with one attached hydrogen (secondary N) is 1. The summed E-state index contributed by atoms with van der Waals surface area (Å²) < 4.78 is 0. The number of hydrogen-bond acceptors (Lipinski definition) is 5. The molecule has 2 N–H and O–H groups in total. The van der Waals surface area contributed by atoms with E-state index >= 15 is 0 Å². The molecule has 0 aliphatic heterocycles. The minimum absolute atomic E-state index is 0.0797. The summed E-state index contributed by atoms with van der Waals surface area (Å²) in [5.74, 6) is -0.471. The predicted molar refractivity (Wildman–Crippen MR) is 80.9 cm³/mol. The molecule has 1 heterocycles. The van der Waals surface area contributed by atoms with Crippen LogP contribution in [0.3, 0.4) is 0 Å². The summed E-state index contributed by atoms with van der Waals surface area (Å²) >= 11 is 0. The van der Waals surface area contributed by atoms with E-state index in [0.29, 0.717) is 16.8 Å². The zero-order valence-corrected chi connectivity index (χ0v) is 11.5. The number of nitrogens with zero attached hydrogens (tertiary/aromatic N) is 2. The van der Waals surface area contributed by atoms with Gasteiger partial charge in [0.2, 0.25) is 5.91 Å². The van der Waals surface area contributed by atoms with E-state index in [1.165, 1.54) is 30.6 Å². The van der Waals surface area contributed by atoms with Crippen LogP contribution in [0.2, 0.25) is 0 Å². The summed E-state index contributed by atoms with van der Waals surface area (Å²) in [7, 11) is 0. The van der Waals surface area contributed by atoms with E-state index in [1.54, 1.807) is 24.3 Å². The number of benzene rings is 1. The monoisotopic (exact) mass is 299 g/mol. The van der Waals surface area contributed by atoms with E-state index in [0.717, 1.165) is 0 Å². The second-order valence-corrected chi connectivity index (χ2v) is 4.33. The lowest BCUT2D eigenvalue weighted by Crippen LogP contribution is -2.10. The second kappa shape index (κ2) is 7.09. The molecule has 2 rings (SSSR count). The number of aromatic nitrogens is 1. The van der Waals surface area contributed by atoms with Gasteiger partial charge in [-0.05, 0) is 18.2 Å². The number of aliphatic hydroxyl groups is 1. The maximum Gasteiger partial charge on any atom is 0.276 e. The molecule has 2 aromatic rings. The summed E-state index contributed by atoms with van der Waals surface area (Å²) in [5, 5.41) is 22.6. The van der Waals surface area contributed by atoms with Crippen molar-refractivity contribution in [3.8, 4) is 0 Å². The predicted octanol–water partition coefficient (Wildman–Crippen LogP) is 2.13. The third kappa shape index (κ3) is 3.74. The van der Waals surface area contributed by atoms with Gasteiger partial charge in [-0.25, -0.2) is 0 Å². The Morgan fingerprint density at radius 1 is 1.36 bits per heavy atom. The smallest absolute Gasteiger partial charge is 0.276 e. The molecule has 0 bridgehead atoms. The average Bonchev–Trinajstić information content (AvgIpc) is 2.53. The van der Waals surface area contributed by atoms with Crippen LogP contribution in [0.5, 0.6) is 0 Å². The van der Waals surface area contributed by atoms with Crippen molar-refractivity contribution >= 4 is 23.4 Å². The number of rotatable bonds is 5. The summed E-state index contributed by atoms with van der Waals surface area (Å²) in [5.41, 5.74) is 1.17. The second-order valence-electron chi connectivity index (χ2n) is 4.33. The van der Waals surface area contributed by atoms with Crippen LogP contribution in [-0.4, -0.2) is 20.9 Å². The highest BCUT2D eigenvalue weighted by molar-refractivity contribution is 6.02. The van der Waals surface area contributed by atoms with Gasteiger partial charge in [0.15, 0.2) is 0 Å². The van der Waals surface area contributed by atoms with E-state index in [4.69, 9.17) is 5.11 Å². The zero-order chi connectivity index (χ0) is 15.9. The standard InChI is InChI=1S/C15H13N3O4/c19-10-12-7-8-16-9-13(12)17-15(20)6-5-11-3-1-2-4-14(11)18(21)22/h1-9,19H,10H2,(H,17,20)/b6-5+. The molecule has 1 aromatic heterocycles. The van der Waals surface area contributed by atoms with Crippen LogP contribution in [0.4, 0.5) is 11.4 Å². The highest BCUT2D eigenvalue weighted by atomic mass is 16.6. The van der Waals surface area contributed by atoms with Gasteiger partial charge in [-0.1, -0.05) is 12.1 Å². The van der Waals surface area contributed by atoms with Crippen LogP contribution in [0.25, 0.3) is 6.08 Å². The van der Waals surface area contributed by atoms with E-state index in [1.807, 2.05) is 0 Å². The third-order valence-electron chi connectivity index (χ3n) is 2.89. The molecule has 7 heteroatoms. The van der Waals surface area contributed by atoms with Crippen molar-refractivity contribution in [3.05, 3.63) is 70.0 Å². The quantitative estimate of drug-likeness (QED) is 0.500. The van der Waals surface area contributed by atoms with Gasteiger partial charge < -0.3 is 10.4 Å². The summed E-state index contributed by atoms with van der Waals surface area (Å²) in [6.45, 7) is -0.230. The summed E-state index contributed by atoms with van der Waals surface area (Å²) in [6, 6.07) is 7.70. The van der Waals surface area contributed by atoms with Crippen LogP contribution >= 0.6 is 0 Å². The number of anilines is 1. The van der Waals surface area contributed by atoms with Crippen molar-refractivity contribution < 1.29 is 14.8 Å². The molecule has 1 aromatic carbocycles. The average molecular weight is 299 g/mol. The molecule has 0 aliphatic rings. The lowest BCUT2D eigenvalue weighted by molar-refractivity contribution is -0.385. The first kappa shape index (κ1) is 15.3. The first-order valence-corrected chi connectivity index (χ1v) is 6.38. The van der Waals surface area contributed by atoms with E-state index in [-0.39, 0.29) is 12.3 Å². The molecule has 0 aliphatic carbocycles. The van der Waals surface area contributed by atoms with Gasteiger partial charge in [-0.3, -0.25) is 19.9 Å². The molecule has 112 valence electrons. The molecule has 0 unspecified atom stereocenters. The Morgan fingerprint density at radius 2 is 2.14 bits per heavy atom. The summed E-state index contributed by atoms with van der Waals surface area (Å²) in [6.07, 6.45) is 5.48. The Morgan fingerprint density at radius 3 is 2.86 bits per heavy atom. The summed E-state index contributed by atoms with van der Waals surface area (Å²) in [4.78, 5) is 26.1. The Kier molecular flexibility index (Phi) is 4.94. The van der Waals surface area contributed by atoms with Crippen LogP contribution < -0.4 is 5.32 Å². The first-order chi connectivity index (χ1) is 10.6. The number of amides is 1. The fraction of sp³-hybridized carbons (Fsp3) is 0.0667. The maximum absolute atomic E-state index is 11.9. The molecule has 7 nitrogen and oxygen atoms in total. The number of pyridine rings is 1. The molecule has 22 heavy (non-hydrogen) atoms. The van der Waals surface area contributed by atoms with E-state index < -0.39 is 10.8 Å². The zero-order valence-electron chi connectivity index (χ0n) is 11.5. The van der Waals surface area contributed by atoms with Crippen LogP contribution in [0.15, 0.2) is 48.8 Å². The van der Waals surface area contributed by atoms with Crippen LogP contribution in [0, 0.1) is 10.1 Å². The number of aliphatic hydroxyl groups excluding tert-OH is 1. The minimum atomic E-state index is -0.511. The molecule has 0 spiro atoms. The van der Waals surface area contributed by atoms with E-state index in [2.05, 4.69) is 10.3 Å². The molecular weight excluding hydrogens is 286 g/mol. The van der Waals surface area contributed by atoms with Gasteiger partial charge >= 0.3 is 0 Å². The van der Waals surface area contributed by atoms with Crippen molar-refractivity contribution in [1.29, 1.82) is 0 Å². The van der Waals surface area contributed by atoms with Gasteiger partial charge in [-0.2, -0.15) is 0 Å². The maximum atomic E-state index is 11.9. The van der Waals surface area contributed by atoms with Gasteiger partial charge in [0.05, 0.1) is 29.0 Å². The fourth-order valence-electron chi connectivity index (χ4n) is 1.81. The Labute approximate surface area is 126 Å². The van der Waals surface area contributed by atoms with Crippen LogP contribution in [-0.2, 0) is 11.4 Å². The molecule has 1 amide bonds. The van der Waals surface area contributed by atoms with Crippen molar-refractivity contribution in [1.82, 2.24) is 4.98 Å². The highest BCUT2D eigenvalue weighted by Crippen LogP contribution is 2.19. The largest absolute Gasteiger partial charge is 0.392 e. The van der Waals surface area contributed by atoms with Gasteiger partial charge in [0.1, 0.15) is 0 Å². The van der Waals surface area contributed by atoms with Crippen LogP contribution in [0.1, 0.15) is 11.1 Å². The minimum Gasteiger partial charge on any atom is -0.392 e. The topological polar surface area (TPSA) is 105 Å². The van der Waals surface area contributed by atoms with Gasteiger partial charge in [0, 0.05) is 23.9 Å². The lowest BCUT2D eigenvalue weighted by Gasteiger charge is -2.06. The Bertz CT molecular complexity index is 728. The van der Waals surface area contributed by atoms with Gasteiger partial charge in [0.25, 0.3) is 5.69 Å². The fourth-order valence-corrected chi connectivity index (χ4v) is 1.81. The Balaban J connectivity index is 2.14. The number of carbonyl (C=O) groups excluding carboxylic acids is 1. The lowest BCUT2D eigenvalue weighted by atomic mass is 10.1. The normalized spacial score (nSPS) is 10.6. The highest BCUT2D eigenvalue weighted by Gasteiger charge is 2.10. The molecule has 0 saturated heterocycles. The third-order valence-corrected chi connectivity index (χ3v) is 2.89. The van der Waals surface area contributed by atoms with Gasteiger partial charge in [-0.15, -0.1) is 0 Å². The first-order valence-electron chi connectivity index (χ1n) is 6.38. The number of carbonyl (C=O) groups is 1.